The number of hydrogen-bond donors (Lipinski definition) is 1. The Kier molecular flexibility index (Phi) is 11.7. The summed E-state index contributed by atoms with van der Waals surface area (Å²) in [5, 5.41) is 10.8. The number of aliphatic hydroxyl groups excluding tert-OH is 1. The van der Waals surface area contributed by atoms with Crippen molar-refractivity contribution in [1.82, 2.24) is 0 Å². The summed E-state index contributed by atoms with van der Waals surface area (Å²) in [5.41, 5.74) is 0. The van der Waals surface area contributed by atoms with Gasteiger partial charge in [-0.15, -0.1) is 0 Å². The maximum atomic E-state index is 11.6. The van der Waals surface area contributed by atoms with Gasteiger partial charge in [-0.3, -0.25) is 9.59 Å². The van der Waals surface area contributed by atoms with Gasteiger partial charge in [-0.1, -0.05) is 31.9 Å². The molecule has 4 atom stereocenters. The van der Waals surface area contributed by atoms with Crippen molar-refractivity contribution in [2.45, 2.75) is 102 Å². The third-order valence-corrected chi connectivity index (χ3v) is 6.70. The summed E-state index contributed by atoms with van der Waals surface area (Å²) < 4.78 is 22.3. The fraction of sp³-hybridized carbons (Fsp3) is 0.840. The monoisotopic (exact) mass is 454 g/mol. The van der Waals surface area contributed by atoms with E-state index < -0.39 is 11.9 Å². The molecule has 1 saturated carbocycles. The number of carbonyl (C=O) groups is 2. The Labute approximate surface area is 192 Å². The summed E-state index contributed by atoms with van der Waals surface area (Å²) >= 11 is 0. The van der Waals surface area contributed by atoms with Crippen LogP contribution in [-0.2, 0) is 28.5 Å². The Hall–Kier alpha value is -1.44. The third kappa shape index (κ3) is 8.49. The van der Waals surface area contributed by atoms with Crippen LogP contribution in [0.5, 0.6) is 0 Å². The number of ether oxygens (including phenoxy) is 4. The zero-order valence-electron chi connectivity index (χ0n) is 20.1. The van der Waals surface area contributed by atoms with Crippen LogP contribution in [-0.4, -0.2) is 55.4 Å². The van der Waals surface area contributed by atoms with E-state index in [1.165, 1.54) is 14.0 Å². The van der Waals surface area contributed by atoms with Crippen LogP contribution in [0.15, 0.2) is 12.2 Å². The Morgan fingerprint density at radius 2 is 1.84 bits per heavy atom. The number of rotatable bonds is 14. The van der Waals surface area contributed by atoms with Crippen LogP contribution in [0.1, 0.15) is 84.5 Å². The molecule has 32 heavy (non-hydrogen) atoms. The first-order valence-electron chi connectivity index (χ1n) is 12.3. The van der Waals surface area contributed by atoms with E-state index in [4.69, 9.17) is 14.2 Å². The van der Waals surface area contributed by atoms with Crippen LogP contribution in [0.4, 0.5) is 0 Å². The third-order valence-electron chi connectivity index (χ3n) is 6.70. The Bertz CT molecular complexity index is 597. The molecule has 1 aliphatic heterocycles. The van der Waals surface area contributed by atoms with Crippen LogP contribution in [0.25, 0.3) is 0 Å². The van der Waals surface area contributed by atoms with E-state index >= 15 is 0 Å². The fourth-order valence-corrected chi connectivity index (χ4v) is 5.01. The van der Waals surface area contributed by atoms with E-state index in [1.807, 2.05) is 0 Å². The first-order valence-corrected chi connectivity index (χ1v) is 12.3. The van der Waals surface area contributed by atoms with Crippen LogP contribution in [0.2, 0.25) is 0 Å². The van der Waals surface area contributed by atoms with Crippen LogP contribution < -0.4 is 0 Å². The van der Waals surface area contributed by atoms with Gasteiger partial charge < -0.3 is 24.1 Å². The number of hydrogen-bond acceptors (Lipinski definition) is 7. The molecule has 0 aromatic rings. The minimum atomic E-state index is -0.539. The molecule has 0 aromatic carbocycles. The molecule has 1 aliphatic carbocycles. The maximum absolute atomic E-state index is 11.6. The molecule has 0 amide bonds. The normalized spacial score (nSPS) is 27.1. The molecular weight excluding hydrogens is 412 g/mol. The Morgan fingerprint density at radius 3 is 2.50 bits per heavy atom. The van der Waals surface area contributed by atoms with E-state index in [0.29, 0.717) is 26.1 Å². The summed E-state index contributed by atoms with van der Waals surface area (Å²) in [6.07, 6.45) is 12.2. The highest BCUT2D eigenvalue weighted by molar-refractivity contribution is 5.69. The number of unbranched alkanes of at least 4 members (excludes halogenated alkanes) is 3. The first kappa shape index (κ1) is 26.8. The number of allylic oxidation sites excluding steroid dienone is 2. The highest BCUT2D eigenvalue weighted by Gasteiger charge is 2.45. The fourth-order valence-electron chi connectivity index (χ4n) is 5.01. The summed E-state index contributed by atoms with van der Waals surface area (Å²) in [6, 6.07) is 0. The van der Waals surface area contributed by atoms with E-state index in [-0.39, 0.29) is 29.9 Å². The van der Waals surface area contributed by atoms with E-state index in [1.54, 1.807) is 0 Å². The van der Waals surface area contributed by atoms with Crippen LogP contribution >= 0.6 is 0 Å². The lowest BCUT2D eigenvalue weighted by Gasteiger charge is -2.31. The van der Waals surface area contributed by atoms with Gasteiger partial charge in [0.05, 0.1) is 26.4 Å². The summed E-state index contributed by atoms with van der Waals surface area (Å²) in [7, 11) is 1.40. The van der Waals surface area contributed by atoms with Gasteiger partial charge in [0.1, 0.15) is 6.10 Å². The van der Waals surface area contributed by atoms with Crippen molar-refractivity contribution in [1.29, 1.82) is 0 Å². The second kappa shape index (κ2) is 14.0. The van der Waals surface area contributed by atoms with Gasteiger partial charge in [0.15, 0.2) is 5.79 Å². The second-order valence-electron chi connectivity index (χ2n) is 9.06. The van der Waals surface area contributed by atoms with Crippen molar-refractivity contribution in [2.75, 3.05) is 20.3 Å². The highest BCUT2D eigenvalue weighted by atomic mass is 16.7. The quantitative estimate of drug-likeness (QED) is 0.238. The van der Waals surface area contributed by atoms with E-state index in [2.05, 4.69) is 23.8 Å². The summed E-state index contributed by atoms with van der Waals surface area (Å²) in [6.45, 7) is 4.84. The number of carbonyl (C=O) groups excluding carboxylic acids is 2. The number of methoxy groups -OCH3 is 1. The SMILES string of the molecule is CCCCCC1(CC[C@@H]2[C@@H](C/C=C\CCCC(=O)OC)[C@@H](OC(C)=O)C[C@@H]2O)OCCO1. The topological polar surface area (TPSA) is 91.3 Å². The van der Waals surface area contributed by atoms with Gasteiger partial charge >= 0.3 is 11.9 Å². The molecular formula is C25H42O7. The largest absolute Gasteiger partial charge is 0.469 e. The van der Waals surface area contributed by atoms with Gasteiger partial charge in [-0.05, 0) is 38.0 Å². The number of esters is 2. The van der Waals surface area contributed by atoms with Gasteiger partial charge in [0, 0.05) is 38.5 Å². The van der Waals surface area contributed by atoms with Crippen molar-refractivity contribution in [2.24, 2.45) is 11.8 Å². The van der Waals surface area contributed by atoms with Crippen molar-refractivity contribution < 1.29 is 33.6 Å². The van der Waals surface area contributed by atoms with Crippen LogP contribution in [0.3, 0.4) is 0 Å². The smallest absolute Gasteiger partial charge is 0.305 e. The summed E-state index contributed by atoms with van der Waals surface area (Å²) in [4.78, 5) is 22.9. The lowest BCUT2D eigenvalue weighted by molar-refractivity contribution is -0.172. The van der Waals surface area contributed by atoms with Gasteiger partial charge in [-0.2, -0.15) is 0 Å². The average Bonchev–Trinajstić information content (AvgIpc) is 3.33. The molecule has 7 heteroatoms. The molecule has 7 nitrogen and oxygen atoms in total. The van der Waals surface area contributed by atoms with Gasteiger partial charge in [-0.25, -0.2) is 0 Å². The molecule has 0 spiro atoms. The molecule has 0 bridgehead atoms. The molecule has 1 N–H and O–H groups in total. The van der Waals surface area contributed by atoms with Crippen LogP contribution in [0, 0.1) is 11.8 Å². The summed E-state index contributed by atoms with van der Waals surface area (Å²) in [5.74, 6) is -0.970. The molecule has 2 fully saturated rings. The zero-order valence-corrected chi connectivity index (χ0v) is 20.1. The standard InChI is InChI=1S/C25H42O7/c1-4-5-10-14-25(30-16-17-31-25)15-13-20-21(23(18-22(20)27)32-19(2)26)11-8-6-7-9-12-24(28)29-3/h6,8,20-23,27H,4-5,7,9-18H2,1-3H3/b8-6-/t20-,21-,22+,23+/m1/s1. The molecule has 0 radical (unpaired) electrons. The molecule has 1 saturated heterocycles. The zero-order chi connectivity index (χ0) is 23.4. The van der Waals surface area contributed by atoms with Gasteiger partial charge in [0.2, 0.25) is 0 Å². The minimum absolute atomic E-state index is 0.0231. The minimum Gasteiger partial charge on any atom is -0.469 e. The van der Waals surface area contributed by atoms with Crippen molar-refractivity contribution >= 4 is 11.9 Å². The first-order chi connectivity index (χ1) is 15.4. The van der Waals surface area contributed by atoms with Gasteiger partial charge in [0.25, 0.3) is 0 Å². The van der Waals surface area contributed by atoms with E-state index in [9.17, 15) is 14.7 Å². The number of aliphatic hydroxyl groups is 1. The van der Waals surface area contributed by atoms with E-state index in [0.717, 1.165) is 57.8 Å². The molecule has 0 unspecified atom stereocenters. The average molecular weight is 455 g/mol. The van der Waals surface area contributed by atoms with Crippen molar-refractivity contribution in [3.8, 4) is 0 Å². The second-order valence-corrected chi connectivity index (χ2v) is 9.06. The molecule has 0 aromatic heterocycles. The maximum Gasteiger partial charge on any atom is 0.305 e. The highest BCUT2D eigenvalue weighted by Crippen LogP contribution is 2.42. The molecule has 2 rings (SSSR count). The van der Waals surface area contributed by atoms with Crippen molar-refractivity contribution in [3.05, 3.63) is 12.2 Å². The lowest BCUT2D eigenvalue weighted by Crippen LogP contribution is -2.33. The Morgan fingerprint density at radius 1 is 1.09 bits per heavy atom. The predicted octanol–water partition coefficient (Wildman–Crippen LogP) is 4.31. The molecule has 184 valence electrons. The predicted molar refractivity (Wildman–Crippen MR) is 121 cm³/mol. The Balaban J connectivity index is 1.95. The molecule has 1 heterocycles. The molecule has 2 aliphatic rings. The lowest BCUT2D eigenvalue weighted by atomic mass is 9.85. The van der Waals surface area contributed by atoms with Crippen molar-refractivity contribution in [3.63, 3.8) is 0 Å².